The fourth-order valence-electron chi connectivity index (χ4n) is 3.55. The molecule has 0 unspecified atom stereocenters. The molecule has 3 N–H and O–H groups in total. The van der Waals surface area contributed by atoms with Crippen molar-refractivity contribution in [1.82, 2.24) is 25.5 Å². The summed E-state index contributed by atoms with van der Waals surface area (Å²) in [6, 6.07) is 10.7. The Bertz CT molecular complexity index is 1550. The Morgan fingerprint density at radius 2 is 1.76 bits per heavy atom. The number of aromatic nitrogens is 3. The molecule has 13 heteroatoms. The van der Waals surface area contributed by atoms with Crippen LogP contribution in [0.25, 0.3) is 5.69 Å². The third-order valence-corrected chi connectivity index (χ3v) is 6.52. The Balaban J connectivity index is 1.43. The molecule has 3 aromatic heterocycles. The van der Waals surface area contributed by atoms with Gasteiger partial charge in [-0.15, -0.1) is 11.3 Å². The fraction of sp³-hybridized carbons (Fsp3) is 0.160. The van der Waals surface area contributed by atoms with Crippen molar-refractivity contribution in [2.75, 3.05) is 0 Å². The summed E-state index contributed by atoms with van der Waals surface area (Å²) < 4.78 is 39.6. The number of hydrogen-bond acceptors (Lipinski definition) is 6. The van der Waals surface area contributed by atoms with Crippen molar-refractivity contribution in [3.63, 3.8) is 0 Å². The SMILES string of the molecule is C/C(=N\NC(=O)c1ccc(C(=O)NCc2cccnc2)s1)c1c(C)[nH]n(-c2ccc(C(F)(F)F)cc2)c1=O. The number of H-pyrrole nitrogens is 1. The number of thiophene rings is 1. The molecule has 0 bridgehead atoms. The predicted octanol–water partition coefficient (Wildman–Crippen LogP) is 4.03. The molecule has 3 heterocycles. The summed E-state index contributed by atoms with van der Waals surface area (Å²) in [4.78, 5) is 42.5. The van der Waals surface area contributed by atoms with E-state index in [9.17, 15) is 27.6 Å². The van der Waals surface area contributed by atoms with Gasteiger partial charge in [0.15, 0.2) is 0 Å². The molecule has 2 amide bonds. The highest BCUT2D eigenvalue weighted by atomic mass is 32.1. The molecular weight excluding hydrogens is 521 g/mol. The van der Waals surface area contributed by atoms with E-state index in [1.54, 1.807) is 25.4 Å². The second-order valence-corrected chi connectivity index (χ2v) is 9.23. The first-order chi connectivity index (χ1) is 18.0. The molecule has 4 aromatic rings. The van der Waals surface area contributed by atoms with E-state index in [1.165, 1.54) is 31.2 Å². The van der Waals surface area contributed by atoms with Crippen LogP contribution in [0.5, 0.6) is 0 Å². The number of rotatable bonds is 7. The van der Waals surface area contributed by atoms with Crippen LogP contribution in [-0.4, -0.2) is 32.3 Å². The number of carbonyl (C=O) groups excluding carboxylic acids is 2. The maximum absolute atomic E-state index is 12.9. The van der Waals surface area contributed by atoms with Gasteiger partial charge in [0.1, 0.15) is 0 Å². The van der Waals surface area contributed by atoms with Crippen LogP contribution in [0, 0.1) is 6.92 Å². The Morgan fingerprint density at radius 3 is 2.39 bits per heavy atom. The first-order valence-corrected chi connectivity index (χ1v) is 12.0. The van der Waals surface area contributed by atoms with Crippen LogP contribution >= 0.6 is 11.3 Å². The van der Waals surface area contributed by atoms with Gasteiger partial charge in [0.25, 0.3) is 17.4 Å². The molecule has 0 spiro atoms. The number of nitrogens with zero attached hydrogens (tertiary/aromatic N) is 3. The number of hydrazone groups is 1. The third kappa shape index (κ3) is 5.89. The van der Waals surface area contributed by atoms with Crippen molar-refractivity contribution < 1.29 is 22.8 Å². The van der Waals surface area contributed by atoms with E-state index < -0.39 is 23.2 Å². The summed E-state index contributed by atoms with van der Waals surface area (Å²) in [7, 11) is 0. The quantitative estimate of drug-likeness (QED) is 0.241. The van der Waals surface area contributed by atoms with Gasteiger partial charge >= 0.3 is 6.18 Å². The summed E-state index contributed by atoms with van der Waals surface area (Å²) in [5, 5.41) is 9.57. The number of alkyl halides is 3. The molecule has 4 rings (SSSR count). The summed E-state index contributed by atoms with van der Waals surface area (Å²) in [5.74, 6) is -0.915. The maximum Gasteiger partial charge on any atom is 0.416 e. The third-order valence-electron chi connectivity index (χ3n) is 5.44. The van der Waals surface area contributed by atoms with Crippen molar-refractivity contribution in [3.05, 3.63) is 103 Å². The molecule has 0 radical (unpaired) electrons. The Kier molecular flexibility index (Phi) is 7.57. The Hall–Kier alpha value is -4.52. The van der Waals surface area contributed by atoms with Gasteiger partial charge < -0.3 is 5.32 Å². The van der Waals surface area contributed by atoms with Gasteiger partial charge in [-0.25, -0.2) is 10.1 Å². The van der Waals surface area contributed by atoms with Gasteiger partial charge in [-0.05, 0) is 61.9 Å². The number of hydrogen-bond donors (Lipinski definition) is 3. The number of pyridine rings is 1. The molecular formula is C25H21F3N6O3S. The van der Waals surface area contributed by atoms with Crippen molar-refractivity contribution in [3.8, 4) is 5.69 Å². The zero-order valence-corrected chi connectivity index (χ0v) is 20.9. The van der Waals surface area contributed by atoms with E-state index in [2.05, 4.69) is 25.9 Å². The Morgan fingerprint density at radius 1 is 1.08 bits per heavy atom. The van der Waals surface area contributed by atoms with Crippen molar-refractivity contribution in [1.29, 1.82) is 0 Å². The molecule has 0 saturated carbocycles. The predicted molar refractivity (Wildman–Crippen MR) is 136 cm³/mol. The topological polar surface area (TPSA) is 121 Å². The summed E-state index contributed by atoms with van der Waals surface area (Å²) in [5.41, 5.74) is 2.79. The molecule has 38 heavy (non-hydrogen) atoms. The lowest BCUT2D eigenvalue weighted by atomic mass is 10.2. The number of halogens is 3. The number of carbonyl (C=O) groups is 2. The largest absolute Gasteiger partial charge is 0.416 e. The minimum Gasteiger partial charge on any atom is -0.347 e. The zero-order chi connectivity index (χ0) is 27.4. The van der Waals surface area contributed by atoms with E-state index >= 15 is 0 Å². The molecule has 0 aliphatic rings. The van der Waals surface area contributed by atoms with Crippen LogP contribution < -0.4 is 16.3 Å². The van der Waals surface area contributed by atoms with E-state index in [0.717, 1.165) is 33.7 Å². The van der Waals surface area contributed by atoms with Gasteiger partial charge in [0, 0.05) is 24.6 Å². The zero-order valence-electron chi connectivity index (χ0n) is 20.1. The number of aromatic amines is 1. The molecule has 0 fully saturated rings. The standard InChI is InChI=1S/C25H21F3N6O3S/c1-14(21-15(2)33-34(24(21)37)18-7-5-17(6-8-18)25(26,27)28)31-32-23(36)20-10-9-19(38-20)22(35)30-13-16-4-3-11-29-12-16/h3-12,33H,13H2,1-2H3,(H,30,35)(H,32,36)/b31-14+. The second-order valence-electron chi connectivity index (χ2n) is 8.14. The molecule has 9 nitrogen and oxygen atoms in total. The monoisotopic (exact) mass is 542 g/mol. The van der Waals surface area contributed by atoms with Gasteiger partial charge in [-0.1, -0.05) is 6.07 Å². The van der Waals surface area contributed by atoms with Crippen molar-refractivity contribution in [2.45, 2.75) is 26.6 Å². The first-order valence-electron chi connectivity index (χ1n) is 11.2. The summed E-state index contributed by atoms with van der Waals surface area (Å²) in [6.45, 7) is 3.41. The maximum atomic E-state index is 12.9. The van der Waals surface area contributed by atoms with E-state index in [4.69, 9.17) is 0 Å². The van der Waals surface area contributed by atoms with Crippen LogP contribution in [-0.2, 0) is 12.7 Å². The Labute approximate surface area is 218 Å². The van der Waals surface area contributed by atoms with E-state index in [0.29, 0.717) is 10.6 Å². The minimum atomic E-state index is -4.49. The molecule has 0 atom stereocenters. The van der Waals surface area contributed by atoms with E-state index in [1.807, 2.05) is 6.07 Å². The normalized spacial score (nSPS) is 11.9. The van der Waals surface area contributed by atoms with Gasteiger partial charge in [0.05, 0.1) is 32.3 Å². The minimum absolute atomic E-state index is 0.159. The highest BCUT2D eigenvalue weighted by Crippen LogP contribution is 2.29. The molecule has 0 saturated heterocycles. The van der Waals surface area contributed by atoms with Crippen molar-refractivity contribution in [2.24, 2.45) is 5.10 Å². The van der Waals surface area contributed by atoms with Crippen LogP contribution in [0.2, 0.25) is 0 Å². The lowest BCUT2D eigenvalue weighted by Gasteiger charge is -2.07. The number of nitrogens with one attached hydrogen (secondary N) is 3. The lowest BCUT2D eigenvalue weighted by Crippen LogP contribution is -2.23. The van der Waals surface area contributed by atoms with Crippen LogP contribution in [0.15, 0.2) is 70.8 Å². The molecule has 1 aromatic carbocycles. The van der Waals surface area contributed by atoms with Crippen LogP contribution in [0.1, 0.15) is 48.7 Å². The van der Waals surface area contributed by atoms with E-state index in [-0.39, 0.29) is 34.3 Å². The van der Waals surface area contributed by atoms with Gasteiger partial charge in [-0.2, -0.15) is 18.3 Å². The van der Waals surface area contributed by atoms with Crippen LogP contribution in [0.4, 0.5) is 13.2 Å². The molecule has 0 aliphatic heterocycles. The highest BCUT2D eigenvalue weighted by molar-refractivity contribution is 7.15. The summed E-state index contributed by atoms with van der Waals surface area (Å²) in [6.07, 6.45) is -1.22. The average molecular weight is 543 g/mol. The van der Waals surface area contributed by atoms with Crippen LogP contribution in [0.3, 0.4) is 0 Å². The number of aryl methyl sites for hydroxylation is 1. The number of benzene rings is 1. The van der Waals surface area contributed by atoms with Crippen molar-refractivity contribution >= 4 is 28.9 Å². The fourth-order valence-corrected chi connectivity index (χ4v) is 4.37. The first kappa shape index (κ1) is 26.5. The van der Waals surface area contributed by atoms with Gasteiger partial charge in [-0.3, -0.25) is 24.5 Å². The summed E-state index contributed by atoms with van der Waals surface area (Å²) >= 11 is 0.981. The highest BCUT2D eigenvalue weighted by Gasteiger charge is 2.30. The van der Waals surface area contributed by atoms with Gasteiger partial charge in [0.2, 0.25) is 0 Å². The average Bonchev–Trinajstić information content (AvgIpc) is 3.50. The molecule has 0 aliphatic carbocycles. The number of amides is 2. The lowest BCUT2D eigenvalue weighted by molar-refractivity contribution is -0.137. The molecule has 196 valence electrons. The smallest absolute Gasteiger partial charge is 0.347 e. The second kappa shape index (κ2) is 10.8.